The molecule has 1 saturated carbocycles. The van der Waals surface area contributed by atoms with Crippen molar-refractivity contribution in [2.24, 2.45) is 0 Å². The molecule has 2 aromatic carbocycles. The zero-order valence-corrected chi connectivity index (χ0v) is 16.6. The van der Waals surface area contributed by atoms with Gasteiger partial charge in [0.2, 0.25) is 5.91 Å². The highest BCUT2D eigenvalue weighted by molar-refractivity contribution is 5.99. The molecule has 0 heterocycles. The molecule has 0 atom stereocenters. The fourth-order valence-electron chi connectivity index (χ4n) is 3.84. The summed E-state index contributed by atoms with van der Waals surface area (Å²) >= 11 is 0. The molecule has 1 N–H and O–H groups in total. The maximum Gasteiger partial charge on any atom is 0.235 e. The number of amides is 1. The van der Waals surface area contributed by atoms with E-state index >= 15 is 0 Å². The van der Waals surface area contributed by atoms with Crippen molar-refractivity contribution in [1.29, 1.82) is 5.26 Å². The molecule has 146 valence electrons. The quantitative estimate of drug-likeness (QED) is 0.783. The lowest BCUT2D eigenvalue weighted by molar-refractivity contribution is -0.121. The Hall–Kier alpha value is -3.00. The average Bonchev–Trinajstić information content (AvgIpc) is 3.20. The molecule has 2 aromatic rings. The number of anilines is 1. The molecule has 0 aliphatic heterocycles. The lowest BCUT2D eigenvalue weighted by atomic mass is 9.78. The molecule has 0 spiro atoms. The van der Waals surface area contributed by atoms with Crippen molar-refractivity contribution in [1.82, 2.24) is 0 Å². The molecule has 1 aliphatic rings. The summed E-state index contributed by atoms with van der Waals surface area (Å²) in [6.45, 7) is 3.82. The monoisotopic (exact) mass is 378 g/mol. The van der Waals surface area contributed by atoms with E-state index < -0.39 is 5.41 Å². The zero-order valence-electron chi connectivity index (χ0n) is 16.6. The first kappa shape index (κ1) is 19.8. The first-order chi connectivity index (χ1) is 13.5. The molecule has 0 radical (unpaired) electrons. The van der Waals surface area contributed by atoms with E-state index in [-0.39, 0.29) is 12.0 Å². The number of hydrogen-bond donors (Lipinski definition) is 1. The number of methoxy groups -OCH3 is 1. The van der Waals surface area contributed by atoms with E-state index in [1.165, 1.54) is 0 Å². The second kappa shape index (κ2) is 8.35. The van der Waals surface area contributed by atoms with Crippen LogP contribution < -0.4 is 14.8 Å². The van der Waals surface area contributed by atoms with Gasteiger partial charge in [0.15, 0.2) is 0 Å². The van der Waals surface area contributed by atoms with Crippen LogP contribution in [-0.4, -0.2) is 19.1 Å². The first-order valence-electron chi connectivity index (χ1n) is 9.65. The van der Waals surface area contributed by atoms with Gasteiger partial charge in [0.25, 0.3) is 0 Å². The number of benzene rings is 2. The van der Waals surface area contributed by atoms with Crippen molar-refractivity contribution in [2.75, 3.05) is 12.4 Å². The Balaban J connectivity index is 1.86. The highest BCUT2D eigenvalue weighted by atomic mass is 16.5. The molecule has 1 amide bonds. The van der Waals surface area contributed by atoms with Crippen molar-refractivity contribution in [3.8, 4) is 17.6 Å². The third-order valence-electron chi connectivity index (χ3n) is 5.25. The summed E-state index contributed by atoms with van der Waals surface area (Å²) < 4.78 is 10.9. The smallest absolute Gasteiger partial charge is 0.235 e. The molecule has 5 nitrogen and oxygen atoms in total. The van der Waals surface area contributed by atoms with Gasteiger partial charge in [-0.1, -0.05) is 25.0 Å². The minimum absolute atomic E-state index is 0.0237. The number of rotatable bonds is 6. The van der Waals surface area contributed by atoms with Crippen molar-refractivity contribution in [3.05, 3.63) is 53.6 Å². The van der Waals surface area contributed by atoms with Crippen LogP contribution in [0.5, 0.6) is 11.5 Å². The standard InChI is InChI=1S/C23H26N2O3/c1-16(2)28-21-11-8-19(14-17(21)15-24)25-22(26)23(12-4-5-13-23)18-6-9-20(27-3)10-7-18/h6-11,14,16H,4-5,12-13H2,1-3H3,(H,25,26). The topological polar surface area (TPSA) is 71.3 Å². The van der Waals surface area contributed by atoms with Crippen LogP contribution in [0.15, 0.2) is 42.5 Å². The lowest BCUT2D eigenvalue weighted by Gasteiger charge is -2.28. The number of nitriles is 1. The van der Waals surface area contributed by atoms with E-state index in [2.05, 4.69) is 11.4 Å². The van der Waals surface area contributed by atoms with Crippen LogP contribution >= 0.6 is 0 Å². The van der Waals surface area contributed by atoms with Crippen LogP contribution in [-0.2, 0) is 10.2 Å². The van der Waals surface area contributed by atoms with Crippen molar-refractivity contribution < 1.29 is 14.3 Å². The Morgan fingerprint density at radius 1 is 1.14 bits per heavy atom. The van der Waals surface area contributed by atoms with Crippen molar-refractivity contribution in [2.45, 2.75) is 51.0 Å². The van der Waals surface area contributed by atoms with Gasteiger partial charge in [-0.15, -0.1) is 0 Å². The van der Waals surface area contributed by atoms with Crippen LogP contribution in [0.3, 0.4) is 0 Å². The zero-order chi connectivity index (χ0) is 20.1. The predicted molar refractivity (Wildman–Crippen MR) is 109 cm³/mol. The molecule has 1 fully saturated rings. The number of nitrogens with one attached hydrogen (secondary N) is 1. The van der Waals surface area contributed by atoms with Crippen LogP contribution in [0.2, 0.25) is 0 Å². The summed E-state index contributed by atoms with van der Waals surface area (Å²) in [4.78, 5) is 13.3. The Morgan fingerprint density at radius 3 is 2.39 bits per heavy atom. The van der Waals surface area contributed by atoms with Gasteiger partial charge in [0.05, 0.1) is 24.2 Å². The van der Waals surface area contributed by atoms with E-state index in [1.54, 1.807) is 25.3 Å². The molecule has 0 unspecified atom stereocenters. The lowest BCUT2D eigenvalue weighted by Crippen LogP contribution is -2.38. The highest BCUT2D eigenvalue weighted by Crippen LogP contribution is 2.42. The van der Waals surface area contributed by atoms with E-state index in [4.69, 9.17) is 9.47 Å². The average molecular weight is 378 g/mol. The van der Waals surface area contributed by atoms with E-state index in [1.807, 2.05) is 38.1 Å². The Morgan fingerprint density at radius 2 is 1.82 bits per heavy atom. The van der Waals surface area contributed by atoms with Crippen LogP contribution in [0.1, 0.15) is 50.7 Å². The van der Waals surface area contributed by atoms with Gasteiger partial charge in [0, 0.05) is 5.69 Å². The Labute approximate surface area is 166 Å². The SMILES string of the molecule is COc1ccc(C2(C(=O)Nc3ccc(OC(C)C)c(C#N)c3)CCCC2)cc1. The van der Waals surface area contributed by atoms with Crippen LogP contribution in [0.4, 0.5) is 5.69 Å². The van der Waals surface area contributed by atoms with Gasteiger partial charge in [-0.25, -0.2) is 0 Å². The fourth-order valence-corrected chi connectivity index (χ4v) is 3.84. The molecule has 0 bridgehead atoms. The van der Waals surface area contributed by atoms with Gasteiger partial charge in [-0.05, 0) is 62.6 Å². The number of carbonyl (C=O) groups is 1. The first-order valence-corrected chi connectivity index (χ1v) is 9.65. The molecule has 28 heavy (non-hydrogen) atoms. The number of nitrogens with zero attached hydrogens (tertiary/aromatic N) is 1. The molecule has 0 aromatic heterocycles. The van der Waals surface area contributed by atoms with Crippen LogP contribution in [0, 0.1) is 11.3 Å². The van der Waals surface area contributed by atoms with Gasteiger partial charge >= 0.3 is 0 Å². The summed E-state index contributed by atoms with van der Waals surface area (Å²) in [7, 11) is 1.63. The summed E-state index contributed by atoms with van der Waals surface area (Å²) in [6, 6.07) is 15.1. The van der Waals surface area contributed by atoms with Crippen molar-refractivity contribution >= 4 is 11.6 Å². The van der Waals surface area contributed by atoms with E-state index in [0.717, 1.165) is 37.0 Å². The van der Waals surface area contributed by atoms with Gasteiger partial charge in [0.1, 0.15) is 17.6 Å². The largest absolute Gasteiger partial charge is 0.497 e. The summed E-state index contributed by atoms with van der Waals surface area (Å²) in [5, 5.41) is 12.5. The predicted octanol–water partition coefficient (Wildman–Crippen LogP) is 4.80. The van der Waals surface area contributed by atoms with Crippen LogP contribution in [0.25, 0.3) is 0 Å². The van der Waals surface area contributed by atoms with Gasteiger partial charge < -0.3 is 14.8 Å². The van der Waals surface area contributed by atoms with Gasteiger partial charge in [-0.3, -0.25) is 4.79 Å². The van der Waals surface area contributed by atoms with E-state index in [0.29, 0.717) is 17.0 Å². The maximum absolute atomic E-state index is 13.3. The second-order valence-corrected chi connectivity index (χ2v) is 7.46. The summed E-state index contributed by atoms with van der Waals surface area (Å²) in [5.41, 5.74) is 1.48. The normalized spacial score (nSPS) is 15.1. The minimum Gasteiger partial charge on any atom is -0.497 e. The minimum atomic E-state index is -0.549. The Kier molecular flexibility index (Phi) is 5.89. The highest BCUT2D eigenvalue weighted by Gasteiger charge is 2.42. The Bertz CT molecular complexity index is 876. The number of carbonyl (C=O) groups excluding carboxylic acids is 1. The van der Waals surface area contributed by atoms with Gasteiger partial charge in [-0.2, -0.15) is 5.26 Å². The third-order valence-corrected chi connectivity index (χ3v) is 5.25. The van der Waals surface area contributed by atoms with E-state index in [9.17, 15) is 10.1 Å². The molecule has 1 aliphatic carbocycles. The molecule has 5 heteroatoms. The number of ether oxygens (including phenoxy) is 2. The summed E-state index contributed by atoms with van der Waals surface area (Å²) in [6.07, 6.45) is 3.63. The molecular weight excluding hydrogens is 352 g/mol. The maximum atomic E-state index is 13.3. The van der Waals surface area contributed by atoms with Crippen molar-refractivity contribution in [3.63, 3.8) is 0 Å². The molecule has 0 saturated heterocycles. The number of hydrogen-bond acceptors (Lipinski definition) is 4. The second-order valence-electron chi connectivity index (χ2n) is 7.46. The summed E-state index contributed by atoms with van der Waals surface area (Å²) in [5.74, 6) is 1.27. The third kappa shape index (κ3) is 3.96. The fraction of sp³-hybridized carbons (Fsp3) is 0.391. The molecular formula is C23H26N2O3. The molecule has 3 rings (SSSR count).